The lowest BCUT2D eigenvalue weighted by molar-refractivity contribution is -0.192. The molecule has 2 aromatic rings. The molecule has 0 radical (unpaired) electrons. The number of carbonyl (C=O) groups excluding carboxylic acids is 2. The van der Waals surface area contributed by atoms with E-state index in [9.17, 15) is 22.8 Å². The van der Waals surface area contributed by atoms with Crippen molar-refractivity contribution in [1.82, 2.24) is 15.1 Å². The Morgan fingerprint density at radius 2 is 1.66 bits per heavy atom. The lowest BCUT2D eigenvalue weighted by Crippen LogP contribution is -2.50. The number of carbonyl (C=O) groups is 3. The first-order valence-corrected chi connectivity index (χ1v) is 10.7. The molecular weight excluding hydrogens is 489 g/mol. The van der Waals surface area contributed by atoms with Gasteiger partial charge in [0.15, 0.2) is 0 Å². The van der Waals surface area contributed by atoms with Crippen LogP contribution in [0.5, 0.6) is 0 Å². The van der Waals surface area contributed by atoms with E-state index in [2.05, 4.69) is 5.32 Å². The van der Waals surface area contributed by atoms with Crippen LogP contribution in [-0.4, -0.2) is 71.6 Å². The lowest BCUT2D eigenvalue weighted by Gasteiger charge is -2.30. The highest BCUT2D eigenvalue weighted by atomic mass is 35.5. The van der Waals surface area contributed by atoms with E-state index in [0.717, 1.165) is 18.7 Å². The Labute approximate surface area is 204 Å². The fourth-order valence-electron chi connectivity index (χ4n) is 3.08. The standard InChI is InChI=1S/C21H21ClN4O2.C2HF3O2/c22-19-4-2-1-3-18(19)14-26(15-20(27)25-11-9-24-10-12-25)21(28)17-7-5-16(13-23)6-8-17;3-2(4,5)1(6)7/h1-8,24H,9-12,14-15H2;(H,6,7). The van der Waals surface area contributed by atoms with Crippen molar-refractivity contribution in [2.45, 2.75) is 12.7 Å². The molecule has 0 aliphatic carbocycles. The number of hydrogen-bond donors (Lipinski definition) is 2. The van der Waals surface area contributed by atoms with Crippen LogP contribution >= 0.6 is 11.6 Å². The van der Waals surface area contributed by atoms with Gasteiger partial charge >= 0.3 is 12.1 Å². The van der Waals surface area contributed by atoms with Crippen LogP contribution in [0.4, 0.5) is 13.2 Å². The second-order valence-electron chi connectivity index (χ2n) is 7.38. The van der Waals surface area contributed by atoms with E-state index in [4.69, 9.17) is 26.8 Å². The van der Waals surface area contributed by atoms with E-state index >= 15 is 0 Å². The number of alkyl halides is 3. The number of piperazine rings is 1. The highest BCUT2D eigenvalue weighted by molar-refractivity contribution is 6.31. The molecule has 2 aromatic carbocycles. The van der Waals surface area contributed by atoms with E-state index in [1.54, 1.807) is 35.2 Å². The number of nitrogens with zero attached hydrogens (tertiary/aromatic N) is 3. The molecule has 0 spiro atoms. The van der Waals surface area contributed by atoms with Crippen LogP contribution in [0.25, 0.3) is 0 Å². The Morgan fingerprint density at radius 1 is 1.09 bits per heavy atom. The predicted molar refractivity (Wildman–Crippen MR) is 120 cm³/mol. The first-order valence-electron chi connectivity index (χ1n) is 10.3. The third-order valence-electron chi connectivity index (χ3n) is 4.91. The Morgan fingerprint density at radius 3 is 2.17 bits per heavy atom. The summed E-state index contributed by atoms with van der Waals surface area (Å²) in [5, 5.41) is 19.8. The zero-order chi connectivity index (χ0) is 26.0. The molecule has 0 unspecified atom stereocenters. The van der Waals surface area contributed by atoms with Crippen molar-refractivity contribution in [2.24, 2.45) is 0 Å². The van der Waals surface area contributed by atoms with Gasteiger partial charge in [0, 0.05) is 43.3 Å². The molecule has 1 fully saturated rings. The molecular formula is C23H22ClF3N4O4. The fourth-order valence-corrected chi connectivity index (χ4v) is 3.27. The third-order valence-corrected chi connectivity index (χ3v) is 5.27. The van der Waals surface area contributed by atoms with Crippen LogP contribution in [0.15, 0.2) is 48.5 Å². The van der Waals surface area contributed by atoms with E-state index in [1.807, 2.05) is 24.3 Å². The molecule has 2 amide bonds. The van der Waals surface area contributed by atoms with Crippen LogP contribution in [0.3, 0.4) is 0 Å². The Hall–Kier alpha value is -3.62. The van der Waals surface area contributed by atoms with Crippen molar-refractivity contribution in [3.63, 3.8) is 0 Å². The average molecular weight is 511 g/mol. The molecule has 0 saturated carbocycles. The number of benzene rings is 2. The van der Waals surface area contributed by atoms with Crippen LogP contribution in [0.1, 0.15) is 21.5 Å². The minimum Gasteiger partial charge on any atom is -0.475 e. The topological polar surface area (TPSA) is 114 Å². The summed E-state index contributed by atoms with van der Waals surface area (Å²) >= 11 is 6.27. The van der Waals surface area contributed by atoms with Gasteiger partial charge < -0.3 is 20.2 Å². The molecule has 12 heteroatoms. The SMILES string of the molecule is N#Cc1ccc(C(=O)N(CC(=O)N2CCNCC2)Cc2ccccc2Cl)cc1.O=C(O)C(F)(F)F. The van der Waals surface area contributed by atoms with Crippen LogP contribution in [-0.2, 0) is 16.1 Å². The molecule has 8 nitrogen and oxygen atoms in total. The van der Waals surface area contributed by atoms with Crippen molar-refractivity contribution in [2.75, 3.05) is 32.7 Å². The minimum atomic E-state index is -5.08. The van der Waals surface area contributed by atoms with Gasteiger partial charge in [-0.25, -0.2) is 4.79 Å². The summed E-state index contributed by atoms with van der Waals surface area (Å²) in [6, 6.07) is 15.7. The second kappa shape index (κ2) is 12.7. The summed E-state index contributed by atoms with van der Waals surface area (Å²) in [6.45, 7) is 2.97. The second-order valence-corrected chi connectivity index (χ2v) is 7.78. The molecule has 1 aliphatic rings. The molecule has 2 N–H and O–H groups in total. The highest BCUT2D eigenvalue weighted by Crippen LogP contribution is 2.19. The maximum Gasteiger partial charge on any atom is 0.490 e. The number of nitrogens with one attached hydrogen (secondary N) is 1. The summed E-state index contributed by atoms with van der Waals surface area (Å²) in [4.78, 5) is 38.0. The Bertz CT molecular complexity index is 1080. The molecule has 186 valence electrons. The number of carboxylic acid groups (broad SMARTS) is 1. The first kappa shape index (κ1) is 27.6. The quantitative estimate of drug-likeness (QED) is 0.639. The number of aliphatic carboxylic acids is 1. The lowest BCUT2D eigenvalue weighted by atomic mass is 10.1. The normalized spacial score (nSPS) is 13.2. The molecule has 0 aromatic heterocycles. The highest BCUT2D eigenvalue weighted by Gasteiger charge is 2.38. The van der Waals surface area contributed by atoms with Crippen molar-refractivity contribution in [3.05, 3.63) is 70.2 Å². The molecule has 3 rings (SSSR count). The molecule has 0 bridgehead atoms. The summed E-state index contributed by atoms with van der Waals surface area (Å²) < 4.78 is 31.7. The third kappa shape index (κ3) is 8.59. The van der Waals surface area contributed by atoms with Crippen LogP contribution < -0.4 is 5.32 Å². The zero-order valence-electron chi connectivity index (χ0n) is 18.4. The smallest absolute Gasteiger partial charge is 0.475 e. The van der Waals surface area contributed by atoms with E-state index in [1.165, 1.54) is 4.90 Å². The van der Waals surface area contributed by atoms with Gasteiger partial charge in [0.05, 0.1) is 11.6 Å². The largest absolute Gasteiger partial charge is 0.490 e. The van der Waals surface area contributed by atoms with Gasteiger partial charge in [0.1, 0.15) is 6.54 Å². The van der Waals surface area contributed by atoms with Crippen molar-refractivity contribution < 1.29 is 32.7 Å². The van der Waals surface area contributed by atoms with Gasteiger partial charge in [-0.2, -0.15) is 18.4 Å². The molecule has 0 atom stereocenters. The number of hydrogen-bond acceptors (Lipinski definition) is 5. The fraction of sp³-hybridized carbons (Fsp3) is 0.304. The number of amides is 2. The maximum atomic E-state index is 13.1. The van der Waals surface area contributed by atoms with Gasteiger partial charge in [-0.1, -0.05) is 29.8 Å². The van der Waals surface area contributed by atoms with E-state index in [-0.39, 0.29) is 24.9 Å². The number of nitriles is 1. The Balaban J connectivity index is 0.000000540. The van der Waals surface area contributed by atoms with Gasteiger partial charge in [-0.15, -0.1) is 0 Å². The first-order chi connectivity index (χ1) is 16.5. The molecule has 1 aliphatic heterocycles. The van der Waals surface area contributed by atoms with Gasteiger partial charge in [0.25, 0.3) is 5.91 Å². The number of carboxylic acids is 1. The summed E-state index contributed by atoms with van der Waals surface area (Å²) in [5.41, 5.74) is 1.68. The summed E-state index contributed by atoms with van der Waals surface area (Å²) in [6.07, 6.45) is -5.08. The van der Waals surface area contributed by atoms with E-state index < -0.39 is 12.1 Å². The number of halogens is 4. The monoisotopic (exact) mass is 510 g/mol. The predicted octanol–water partition coefficient (Wildman–Crippen LogP) is 2.92. The minimum absolute atomic E-state index is 0.0238. The summed E-state index contributed by atoms with van der Waals surface area (Å²) in [5.74, 6) is -3.11. The Kier molecular flexibility index (Phi) is 10.1. The molecule has 1 saturated heterocycles. The van der Waals surface area contributed by atoms with Crippen molar-refractivity contribution in [3.8, 4) is 6.07 Å². The van der Waals surface area contributed by atoms with Crippen LogP contribution in [0, 0.1) is 11.3 Å². The van der Waals surface area contributed by atoms with Gasteiger partial charge in [-0.3, -0.25) is 9.59 Å². The zero-order valence-corrected chi connectivity index (χ0v) is 19.1. The molecule has 1 heterocycles. The van der Waals surface area contributed by atoms with Gasteiger partial charge in [0.2, 0.25) is 5.91 Å². The van der Waals surface area contributed by atoms with Crippen molar-refractivity contribution in [1.29, 1.82) is 5.26 Å². The average Bonchev–Trinajstić information content (AvgIpc) is 2.85. The maximum absolute atomic E-state index is 13.1. The number of rotatable bonds is 5. The van der Waals surface area contributed by atoms with E-state index in [0.29, 0.717) is 29.2 Å². The molecule has 35 heavy (non-hydrogen) atoms. The van der Waals surface area contributed by atoms with Crippen molar-refractivity contribution >= 4 is 29.4 Å². The van der Waals surface area contributed by atoms with Gasteiger partial charge in [-0.05, 0) is 35.9 Å². The summed E-state index contributed by atoms with van der Waals surface area (Å²) in [7, 11) is 0. The van der Waals surface area contributed by atoms with Crippen LogP contribution in [0.2, 0.25) is 5.02 Å².